The Bertz CT molecular complexity index is 600. The molecule has 1 atom stereocenters. The standard InChI is InChI=1S/C15H16O8/c1-3-12(23-14(19)5-4-13(18)21-2)15(20)22-11-7-9(16)6-10(17)8-11/h4-8,12,16-17H,3H2,1-2H3/b5-4+. The van der Waals surface area contributed by atoms with E-state index in [9.17, 15) is 24.6 Å². The van der Waals surface area contributed by atoms with E-state index in [-0.39, 0.29) is 23.7 Å². The Hall–Kier alpha value is -3.03. The summed E-state index contributed by atoms with van der Waals surface area (Å²) < 4.78 is 14.1. The smallest absolute Gasteiger partial charge is 0.352 e. The second kappa shape index (κ2) is 8.42. The SMILES string of the molecule is CCC(OC(=O)/C=C/C(=O)OC)C(=O)Oc1cc(O)cc(O)c1. The van der Waals surface area contributed by atoms with Gasteiger partial charge in [-0.25, -0.2) is 14.4 Å². The molecule has 8 nitrogen and oxygen atoms in total. The molecule has 0 fully saturated rings. The van der Waals surface area contributed by atoms with Gasteiger partial charge < -0.3 is 24.4 Å². The molecule has 1 aromatic rings. The van der Waals surface area contributed by atoms with Crippen LogP contribution in [0.15, 0.2) is 30.4 Å². The monoisotopic (exact) mass is 324 g/mol. The largest absolute Gasteiger partial charge is 0.508 e. The second-order valence-electron chi connectivity index (χ2n) is 4.30. The van der Waals surface area contributed by atoms with Gasteiger partial charge in [0.1, 0.15) is 17.2 Å². The molecule has 0 saturated heterocycles. The minimum atomic E-state index is -1.21. The fourth-order valence-corrected chi connectivity index (χ4v) is 1.49. The number of rotatable bonds is 6. The zero-order chi connectivity index (χ0) is 17.4. The number of carbonyl (C=O) groups is 3. The first-order valence-corrected chi connectivity index (χ1v) is 6.57. The Kier molecular flexibility index (Phi) is 6.60. The van der Waals surface area contributed by atoms with Gasteiger partial charge in [-0.15, -0.1) is 0 Å². The van der Waals surface area contributed by atoms with Gasteiger partial charge in [0.25, 0.3) is 0 Å². The van der Waals surface area contributed by atoms with E-state index in [0.29, 0.717) is 0 Å². The van der Waals surface area contributed by atoms with Crippen LogP contribution in [-0.2, 0) is 23.9 Å². The van der Waals surface area contributed by atoms with Crippen LogP contribution in [0.3, 0.4) is 0 Å². The lowest BCUT2D eigenvalue weighted by Gasteiger charge is -2.14. The minimum Gasteiger partial charge on any atom is -0.508 e. The molecule has 0 bridgehead atoms. The minimum absolute atomic E-state index is 0.105. The van der Waals surface area contributed by atoms with E-state index in [1.807, 2.05) is 0 Å². The van der Waals surface area contributed by atoms with Crippen LogP contribution in [0.4, 0.5) is 0 Å². The summed E-state index contributed by atoms with van der Waals surface area (Å²) in [7, 11) is 1.15. The molecule has 0 aliphatic carbocycles. The molecule has 0 amide bonds. The molecule has 0 saturated carbocycles. The van der Waals surface area contributed by atoms with Crippen molar-refractivity contribution in [2.45, 2.75) is 19.4 Å². The van der Waals surface area contributed by atoms with E-state index >= 15 is 0 Å². The number of phenolic OH excluding ortho intramolecular Hbond substituents is 2. The van der Waals surface area contributed by atoms with E-state index < -0.39 is 24.0 Å². The van der Waals surface area contributed by atoms with E-state index in [1.165, 1.54) is 0 Å². The molecule has 0 aliphatic rings. The first-order chi connectivity index (χ1) is 10.8. The molecule has 0 heterocycles. The Morgan fingerprint density at radius 3 is 2.17 bits per heavy atom. The first-order valence-electron chi connectivity index (χ1n) is 6.57. The number of hydrogen-bond donors (Lipinski definition) is 2. The van der Waals surface area contributed by atoms with Crippen molar-refractivity contribution in [3.8, 4) is 17.2 Å². The number of ether oxygens (including phenoxy) is 3. The molecule has 0 aliphatic heterocycles. The van der Waals surface area contributed by atoms with Crippen molar-refractivity contribution in [1.82, 2.24) is 0 Å². The summed E-state index contributed by atoms with van der Waals surface area (Å²) in [6.07, 6.45) is 0.589. The predicted octanol–water partition coefficient (Wildman–Crippen LogP) is 1.05. The van der Waals surface area contributed by atoms with Gasteiger partial charge in [-0.05, 0) is 6.42 Å². The van der Waals surface area contributed by atoms with Gasteiger partial charge in [0.05, 0.1) is 7.11 Å². The average Bonchev–Trinajstić information content (AvgIpc) is 2.48. The van der Waals surface area contributed by atoms with Gasteiger partial charge in [-0.1, -0.05) is 6.92 Å². The Morgan fingerprint density at radius 1 is 1.09 bits per heavy atom. The zero-order valence-corrected chi connectivity index (χ0v) is 12.5. The van der Waals surface area contributed by atoms with Crippen LogP contribution >= 0.6 is 0 Å². The molecule has 0 radical (unpaired) electrons. The lowest BCUT2D eigenvalue weighted by molar-refractivity contribution is -0.159. The molecule has 8 heteroatoms. The molecule has 1 unspecified atom stereocenters. The normalized spacial score (nSPS) is 11.7. The van der Waals surface area contributed by atoms with Crippen LogP contribution in [0.2, 0.25) is 0 Å². The molecule has 23 heavy (non-hydrogen) atoms. The van der Waals surface area contributed by atoms with Crippen molar-refractivity contribution in [2.24, 2.45) is 0 Å². The van der Waals surface area contributed by atoms with Crippen LogP contribution < -0.4 is 4.74 Å². The summed E-state index contributed by atoms with van der Waals surface area (Å²) in [6, 6.07) is 3.29. The maximum absolute atomic E-state index is 11.9. The quantitative estimate of drug-likeness (QED) is 0.453. The average molecular weight is 324 g/mol. The highest BCUT2D eigenvalue weighted by Gasteiger charge is 2.23. The van der Waals surface area contributed by atoms with Crippen molar-refractivity contribution in [1.29, 1.82) is 0 Å². The third kappa shape index (κ3) is 6.08. The summed E-state index contributed by atoms with van der Waals surface area (Å²) >= 11 is 0. The van der Waals surface area contributed by atoms with E-state index in [0.717, 1.165) is 37.5 Å². The predicted molar refractivity (Wildman–Crippen MR) is 76.7 cm³/mol. The summed E-state index contributed by atoms with van der Waals surface area (Å²) in [5.74, 6) is -3.24. The molecule has 0 spiro atoms. The number of esters is 3. The van der Waals surface area contributed by atoms with E-state index in [4.69, 9.17) is 9.47 Å². The number of hydrogen-bond acceptors (Lipinski definition) is 8. The van der Waals surface area contributed by atoms with Crippen molar-refractivity contribution in [3.63, 3.8) is 0 Å². The van der Waals surface area contributed by atoms with Crippen LogP contribution in [0.5, 0.6) is 17.2 Å². The Balaban J connectivity index is 2.69. The van der Waals surface area contributed by atoms with Crippen molar-refractivity contribution < 1.29 is 38.8 Å². The topological polar surface area (TPSA) is 119 Å². The zero-order valence-electron chi connectivity index (χ0n) is 12.5. The van der Waals surface area contributed by atoms with Crippen LogP contribution in [0.25, 0.3) is 0 Å². The summed E-state index contributed by atoms with van der Waals surface area (Å²) in [5, 5.41) is 18.6. The maximum atomic E-state index is 11.9. The second-order valence-corrected chi connectivity index (χ2v) is 4.30. The summed E-state index contributed by atoms with van der Waals surface area (Å²) in [4.78, 5) is 34.3. The van der Waals surface area contributed by atoms with Crippen LogP contribution in [-0.4, -0.2) is 41.3 Å². The lowest BCUT2D eigenvalue weighted by Crippen LogP contribution is -2.30. The molecule has 1 aromatic carbocycles. The van der Waals surface area contributed by atoms with Crippen molar-refractivity contribution in [3.05, 3.63) is 30.4 Å². The number of methoxy groups -OCH3 is 1. The van der Waals surface area contributed by atoms with Gasteiger partial charge in [-0.2, -0.15) is 0 Å². The molecular formula is C15H16O8. The van der Waals surface area contributed by atoms with Gasteiger partial charge in [0.2, 0.25) is 0 Å². The molecule has 1 rings (SSSR count). The first kappa shape index (κ1) is 18.0. The highest BCUT2D eigenvalue weighted by molar-refractivity contribution is 5.92. The van der Waals surface area contributed by atoms with Gasteiger partial charge >= 0.3 is 17.9 Å². The number of carbonyl (C=O) groups excluding carboxylic acids is 3. The molecular weight excluding hydrogens is 308 g/mol. The summed E-state index contributed by atoms with van der Waals surface area (Å²) in [6.45, 7) is 1.59. The Morgan fingerprint density at radius 2 is 1.65 bits per heavy atom. The molecule has 124 valence electrons. The highest BCUT2D eigenvalue weighted by Crippen LogP contribution is 2.26. The third-order valence-electron chi connectivity index (χ3n) is 2.54. The van der Waals surface area contributed by atoms with E-state index in [2.05, 4.69) is 4.74 Å². The van der Waals surface area contributed by atoms with Gasteiger partial charge in [-0.3, -0.25) is 0 Å². The lowest BCUT2D eigenvalue weighted by atomic mass is 10.2. The Labute approximate surface area is 131 Å². The molecule has 0 aromatic heterocycles. The van der Waals surface area contributed by atoms with Gasteiger partial charge in [0, 0.05) is 30.4 Å². The fraction of sp³-hybridized carbons (Fsp3) is 0.267. The van der Waals surface area contributed by atoms with Crippen LogP contribution in [0.1, 0.15) is 13.3 Å². The number of phenols is 2. The van der Waals surface area contributed by atoms with Gasteiger partial charge in [0.15, 0.2) is 6.10 Å². The summed E-state index contributed by atoms with van der Waals surface area (Å²) in [5.41, 5.74) is 0. The maximum Gasteiger partial charge on any atom is 0.352 e. The van der Waals surface area contributed by atoms with Crippen LogP contribution in [0, 0.1) is 0 Å². The fourth-order valence-electron chi connectivity index (χ4n) is 1.49. The van der Waals surface area contributed by atoms with E-state index in [1.54, 1.807) is 6.92 Å². The third-order valence-corrected chi connectivity index (χ3v) is 2.54. The van der Waals surface area contributed by atoms with Crippen molar-refractivity contribution in [2.75, 3.05) is 7.11 Å². The molecule has 2 N–H and O–H groups in total. The highest BCUT2D eigenvalue weighted by atomic mass is 16.6. The number of benzene rings is 1. The number of aromatic hydroxyl groups is 2. The van der Waals surface area contributed by atoms with Crippen molar-refractivity contribution >= 4 is 17.9 Å².